The Hall–Kier alpha value is -1.59. The highest BCUT2D eigenvalue weighted by molar-refractivity contribution is 9.10. The molecule has 1 aliphatic rings. The standard InChI is InChI=1S/C17H15BrClFN2O/c18-15-7-11(20)2-1-10(15)9-21-13-5-6-14(16(19)8-13)17(23)22-12-3-4-12/h1-2,5-8,12,21H,3-4,9H2,(H,22,23). The predicted molar refractivity (Wildman–Crippen MR) is 93.4 cm³/mol. The highest BCUT2D eigenvalue weighted by atomic mass is 79.9. The highest BCUT2D eigenvalue weighted by Crippen LogP contribution is 2.25. The second kappa shape index (κ2) is 6.89. The van der Waals surface area contributed by atoms with E-state index in [-0.39, 0.29) is 11.7 Å². The van der Waals surface area contributed by atoms with Crippen molar-refractivity contribution >= 4 is 39.1 Å². The zero-order valence-corrected chi connectivity index (χ0v) is 14.5. The molecule has 1 amide bonds. The van der Waals surface area contributed by atoms with Gasteiger partial charge in [0.25, 0.3) is 5.91 Å². The van der Waals surface area contributed by atoms with Gasteiger partial charge in [0.15, 0.2) is 0 Å². The number of carbonyl (C=O) groups excluding carboxylic acids is 1. The third kappa shape index (κ3) is 4.24. The van der Waals surface area contributed by atoms with Crippen LogP contribution in [0.3, 0.4) is 0 Å². The number of amides is 1. The Balaban J connectivity index is 1.66. The summed E-state index contributed by atoms with van der Waals surface area (Å²) in [6, 6.07) is 10.1. The molecule has 3 rings (SSSR count). The summed E-state index contributed by atoms with van der Waals surface area (Å²) >= 11 is 9.54. The van der Waals surface area contributed by atoms with Crippen LogP contribution in [0.4, 0.5) is 10.1 Å². The van der Waals surface area contributed by atoms with E-state index in [4.69, 9.17) is 11.6 Å². The van der Waals surface area contributed by atoms with Crippen LogP contribution in [0.5, 0.6) is 0 Å². The molecular weight excluding hydrogens is 383 g/mol. The fourth-order valence-electron chi connectivity index (χ4n) is 2.16. The maximum atomic E-state index is 13.1. The number of rotatable bonds is 5. The van der Waals surface area contributed by atoms with Gasteiger partial charge in [-0.25, -0.2) is 4.39 Å². The van der Waals surface area contributed by atoms with Crippen LogP contribution in [0.25, 0.3) is 0 Å². The number of benzene rings is 2. The van der Waals surface area contributed by atoms with Gasteiger partial charge in [0.2, 0.25) is 0 Å². The molecule has 1 fully saturated rings. The van der Waals surface area contributed by atoms with Gasteiger partial charge >= 0.3 is 0 Å². The zero-order chi connectivity index (χ0) is 16.4. The lowest BCUT2D eigenvalue weighted by atomic mass is 10.1. The SMILES string of the molecule is O=C(NC1CC1)c1ccc(NCc2ccc(F)cc2Br)cc1Cl. The van der Waals surface area contributed by atoms with Crippen LogP contribution in [-0.2, 0) is 6.54 Å². The molecule has 2 aromatic carbocycles. The van der Waals surface area contributed by atoms with Crippen LogP contribution in [-0.4, -0.2) is 11.9 Å². The lowest BCUT2D eigenvalue weighted by Crippen LogP contribution is -2.25. The fraction of sp³-hybridized carbons (Fsp3) is 0.235. The number of carbonyl (C=O) groups is 1. The summed E-state index contributed by atoms with van der Waals surface area (Å²) in [5.41, 5.74) is 2.21. The van der Waals surface area contributed by atoms with Crippen LogP contribution in [0, 0.1) is 5.82 Å². The number of hydrogen-bond donors (Lipinski definition) is 2. The molecule has 0 aromatic heterocycles. The smallest absolute Gasteiger partial charge is 0.253 e. The van der Waals surface area contributed by atoms with E-state index >= 15 is 0 Å². The first-order valence-corrected chi connectivity index (χ1v) is 8.48. The lowest BCUT2D eigenvalue weighted by molar-refractivity contribution is 0.0951. The number of hydrogen-bond acceptors (Lipinski definition) is 2. The summed E-state index contributed by atoms with van der Waals surface area (Å²) < 4.78 is 13.8. The van der Waals surface area contributed by atoms with Crippen molar-refractivity contribution in [2.24, 2.45) is 0 Å². The molecule has 0 aliphatic heterocycles. The minimum Gasteiger partial charge on any atom is -0.381 e. The molecule has 0 unspecified atom stereocenters. The Kier molecular flexibility index (Phi) is 4.87. The van der Waals surface area contributed by atoms with Crippen molar-refractivity contribution in [2.75, 3.05) is 5.32 Å². The van der Waals surface area contributed by atoms with Gasteiger partial charge in [0.1, 0.15) is 5.82 Å². The van der Waals surface area contributed by atoms with Gasteiger partial charge in [-0.05, 0) is 48.7 Å². The second-order valence-corrected chi connectivity index (χ2v) is 6.79. The van der Waals surface area contributed by atoms with Gasteiger partial charge in [-0.1, -0.05) is 33.6 Å². The first kappa shape index (κ1) is 16.3. The van der Waals surface area contributed by atoms with E-state index in [1.165, 1.54) is 12.1 Å². The predicted octanol–water partition coefficient (Wildman–Crippen LogP) is 4.75. The van der Waals surface area contributed by atoms with Crippen molar-refractivity contribution in [1.82, 2.24) is 5.32 Å². The maximum absolute atomic E-state index is 13.1. The Morgan fingerprint density at radius 3 is 2.70 bits per heavy atom. The molecule has 2 aromatic rings. The van der Waals surface area contributed by atoms with E-state index in [1.807, 2.05) is 6.07 Å². The monoisotopic (exact) mass is 396 g/mol. The van der Waals surface area contributed by atoms with E-state index < -0.39 is 0 Å². The number of nitrogens with one attached hydrogen (secondary N) is 2. The molecule has 0 spiro atoms. The average Bonchev–Trinajstić information content (AvgIpc) is 3.30. The van der Waals surface area contributed by atoms with Gasteiger partial charge in [-0.3, -0.25) is 4.79 Å². The van der Waals surface area contributed by atoms with Gasteiger partial charge in [0.05, 0.1) is 10.6 Å². The Labute approximate surface area is 147 Å². The van der Waals surface area contributed by atoms with E-state index in [2.05, 4.69) is 26.6 Å². The minimum atomic E-state index is -0.283. The third-order valence-corrected chi connectivity index (χ3v) is 4.68. The van der Waals surface area contributed by atoms with Crippen LogP contribution < -0.4 is 10.6 Å². The maximum Gasteiger partial charge on any atom is 0.253 e. The lowest BCUT2D eigenvalue weighted by Gasteiger charge is -2.11. The van der Waals surface area contributed by atoms with Crippen molar-refractivity contribution in [3.8, 4) is 0 Å². The van der Waals surface area contributed by atoms with Crippen LogP contribution in [0.2, 0.25) is 5.02 Å². The topological polar surface area (TPSA) is 41.1 Å². The molecule has 23 heavy (non-hydrogen) atoms. The normalized spacial score (nSPS) is 13.7. The summed E-state index contributed by atoms with van der Waals surface area (Å²) in [5.74, 6) is -0.417. The van der Waals surface area contributed by atoms with Gasteiger partial charge in [-0.15, -0.1) is 0 Å². The van der Waals surface area contributed by atoms with E-state index in [1.54, 1.807) is 18.2 Å². The van der Waals surface area contributed by atoms with Crippen molar-refractivity contribution in [3.63, 3.8) is 0 Å². The number of anilines is 1. The summed E-state index contributed by atoms with van der Waals surface area (Å²) in [6.07, 6.45) is 2.07. The summed E-state index contributed by atoms with van der Waals surface area (Å²) in [6.45, 7) is 0.519. The third-order valence-electron chi connectivity index (χ3n) is 3.62. The Bertz CT molecular complexity index is 749. The summed E-state index contributed by atoms with van der Waals surface area (Å²) in [5, 5.41) is 6.54. The average molecular weight is 398 g/mol. The summed E-state index contributed by atoms with van der Waals surface area (Å²) in [4.78, 5) is 12.0. The molecule has 0 bridgehead atoms. The second-order valence-electron chi connectivity index (χ2n) is 5.53. The van der Waals surface area contributed by atoms with Crippen molar-refractivity contribution < 1.29 is 9.18 Å². The molecule has 3 nitrogen and oxygen atoms in total. The van der Waals surface area contributed by atoms with E-state index in [9.17, 15) is 9.18 Å². The van der Waals surface area contributed by atoms with E-state index in [0.717, 1.165) is 24.1 Å². The minimum absolute atomic E-state index is 0.134. The van der Waals surface area contributed by atoms with E-state index in [0.29, 0.717) is 27.6 Å². The molecule has 6 heteroatoms. The number of halogens is 3. The van der Waals surface area contributed by atoms with Gasteiger partial charge in [0, 0.05) is 22.7 Å². The van der Waals surface area contributed by atoms with Crippen LogP contribution in [0.1, 0.15) is 28.8 Å². The molecule has 0 saturated heterocycles. The molecule has 0 atom stereocenters. The van der Waals surface area contributed by atoms with Crippen molar-refractivity contribution in [2.45, 2.75) is 25.4 Å². The quantitative estimate of drug-likeness (QED) is 0.765. The molecule has 0 radical (unpaired) electrons. The van der Waals surface area contributed by atoms with Crippen molar-refractivity contribution in [1.29, 1.82) is 0 Å². The first-order valence-electron chi connectivity index (χ1n) is 7.31. The molecule has 120 valence electrons. The fourth-order valence-corrected chi connectivity index (χ4v) is 2.92. The highest BCUT2D eigenvalue weighted by Gasteiger charge is 2.24. The molecular formula is C17H15BrClFN2O. The van der Waals surface area contributed by atoms with Gasteiger partial charge in [-0.2, -0.15) is 0 Å². The van der Waals surface area contributed by atoms with Gasteiger partial charge < -0.3 is 10.6 Å². The summed E-state index contributed by atoms with van der Waals surface area (Å²) in [7, 11) is 0. The Morgan fingerprint density at radius 1 is 1.26 bits per heavy atom. The zero-order valence-electron chi connectivity index (χ0n) is 12.2. The van der Waals surface area contributed by atoms with Crippen LogP contribution in [0.15, 0.2) is 40.9 Å². The van der Waals surface area contributed by atoms with Crippen LogP contribution >= 0.6 is 27.5 Å². The molecule has 1 saturated carbocycles. The molecule has 0 heterocycles. The first-order chi connectivity index (χ1) is 11.0. The Morgan fingerprint density at radius 2 is 2.04 bits per heavy atom. The molecule has 1 aliphatic carbocycles. The molecule has 2 N–H and O–H groups in total. The van der Waals surface area contributed by atoms with Crippen molar-refractivity contribution in [3.05, 3.63) is 62.8 Å². The largest absolute Gasteiger partial charge is 0.381 e.